The minimum Gasteiger partial charge on any atom is -0.377 e. The van der Waals surface area contributed by atoms with Crippen LogP contribution in [0.3, 0.4) is 0 Å². The molecule has 0 aliphatic carbocycles. The Morgan fingerprint density at radius 3 is 3.12 bits per heavy atom. The van der Waals surface area contributed by atoms with E-state index in [0.29, 0.717) is 12.5 Å². The molecule has 4 heterocycles. The lowest BCUT2D eigenvalue weighted by atomic mass is 9.94. The van der Waals surface area contributed by atoms with Crippen LogP contribution in [-0.2, 0) is 22.6 Å². The molecule has 0 saturated carbocycles. The van der Waals surface area contributed by atoms with Gasteiger partial charge < -0.3 is 14.0 Å². The first kappa shape index (κ1) is 15.7. The quantitative estimate of drug-likeness (QED) is 0.853. The fourth-order valence-corrected chi connectivity index (χ4v) is 3.83. The summed E-state index contributed by atoms with van der Waals surface area (Å²) in [5.41, 5.74) is 1.06. The lowest BCUT2D eigenvalue weighted by Gasteiger charge is -2.31. The maximum absolute atomic E-state index is 6.27. The normalized spacial score (nSPS) is 28.2. The Kier molecular flexibility index (Phi) is 4.60. The van der Waals surface area contributed by atoms with Crippen LogP contribution in [-0.4, -0.2) is 57.9 Å². The summed E-state index contributed by atoms with van der Waals surface area (Å²) in [6.45, 7) is 5.96. The van der Waals surface area contributed by atoms with Gasteiger partial charge in [0, 0.05) is 56.9 Å². The third-order valence-electron chi connectivity index (χ3n) is 4.87. The van der Waals surface area contributed by atoms with Crippen molar-refractivity contribution in [3.8, 4) is 0 Å². The number of hydrogen-bond donors (Lipinski definition) is 0. The number of rotatable bonds is 4. The largest absolute Gasteiger partial charge is 0.377 e. The lowest BCUT2D eigenvalue weighted by Crippen LogP contribution is -2.43. The zero-order valence-electron chi connectivity index (χ0n) is 13.9. The molecule has 0 aromatic carbocycles. The predicted molar refractivity (Wildman–Crippen MR) is 89.4 cm³/mol. The number of aromatic nitrogens is 3. The molecule has 0 bridgehead atoms. The van der Waals surface area contributed by atoms with Crippen LogP contribution in [0.4, 0.5) is 0 Å². The number of pyridine rings is 1. The highest BCUT2D eigenvalue weighted by molar-refractivity contribution is 5.08. The van der Waals surface area contributed by atoms with Crippen molar-refractivity contribution in [3.05, 3.63) is 48.8 Å². The predicted octanol–water partition coefficient (Wildman–Crippen LogP) is 1.59. The highest BCUT2D eigenvalue weighted by Gasteiger charge is 2.43. The fraction of sp³-hybridized carbons (Fsp3) is 0.556. The van der Waals surface area contributed by atoms with Gasteiger partial charge in [0.05, 0.1) is 26.1 Å². The third-order valence-corrected chi connectivity index (χ3v) is 4.87. The second kappa shape index (κ2) is 7.01. The average molecular weight is 328 g/mol. The molecule has 2 aromatic rings. The minimum atomic E-state index is -0.177. The van der Waals surface area contributed by atoms with Crippen LogP contribution in [0.1, 0.15) is 12.0 Å². The van der Waals surface area contributed by atoms with Crippen molar-refractivity contribution in [1.29, 1.82) is 0 Å². The smallest absolute Gasteiger partial charge is 0.104 e. The van der Waals surface area contributed by atoms with Crippen LogP contribution >= 0.6 is 0 Å². The number of nitrogens with zero attached hydrogens (tertiary/aromatic N) is 4. The van der Waals surface area contributed by atoms with Gasteiger partial charge in [-0.3, -0.25) is 9.88 Å². The van der Waals surface area contributed by atoms with Crippen molar-refractivity contribution in [2.45, 2.75) is 25.1 Å². The summed E-state index contributed by atoms with van der Waals surface area (Å²) >= 11 is 0. The Bertz CT molecular complexity index is 634. The standard InChI is InChI=1S/C18H24N4O2/c1-2-16(9-19-3-1)10-21-6-7-23-14-18(13-21)8-17(12-24-18)11-22-5-4-20-15-22/h1-5,9,15,17H,6-8,10-14H2/t17-,18+/m1/s1. The second-order valence-electron chi connectivity index (χ2n) is 6.95. The number of imidazole rings is 1. The minimum absolute atomic E-state index is 0.177. The van der Waals surface area contributed by atoms with Crippen LogP contribution in [0.2, 0.25) is 0 Å². The summed E-state index contributed by atoms with van der Waals surface area (Å²) in [6.07, 6.45) is 10.5. The Labute approximate surface area is 142 Å². The summed E-state index contributed by atoms with van der Waals surface area (Å²) in [4.78, 5) is 10.8. The summed E-state index contributed by atoms with van der Waals surface area (Å²) < 4.78 is 14.3. The molecule has 0 amide bonds. The number of hydrogen-bond acceptors (Lipinski definition) is 5. The Balaban J connectivity index is 1.40. The van der Waals surface area contributed by atoms with E-state index in [2.05, 4.69) is 25.5 Å². The van der Waals surface area contributed by atoms with E-state index in [1.165, 1.54) is 5.56 Å². The monoisotopic (exact) mass is 328 g/mol. The van der Waals surface area contributed by atoms with Gasteiger partial charge in [0.2, 0.25) is 0 Å². The fourth-order valence-electron chi connectivity index (χ4n) is 3.83. The first-order valence-electron chi connectivity index (χ1n) is 8.60. The molecule has 2 atom stereocenters. The summed E-state index contributed by atoms with van der Waals surface area (Å²) in [7, 11) is 0. The van der Waals surface area contributed by atoms with Crippen LogP contribution in [0.25, 0.3) is 0 Å². The molecule has 6 heteroatoms. The molecule has 128 valence electrons. The Hall–Kier alpha value is -1.76. The van der Waals surface area contributed by atoms with Crippen molar-refractivity contribution < 1.29 is 9.47 Å². The van der Waals surface area contributed by atoms with Gasteiger partial charge in [0.25, 0.3) is 0 Å². The van der Waals surface area contributed by atoms with E-state index in [1.807, 2.05) is 37.2 Å². The number of ether oxygens (including phenoxy) is 2. The van der Waals surface area contributed by atoms with Crippen LogP contribution < -0.4 is 0 Å². The first-order valence-corrected chi connectivity index (χ1v) is 8.60. The molecule has 0 radical (unpaired) electrons. The molecular formula is C18H24N4O2. The molecule has 0 unspecified atom stereocenters. The van der Waals surface area contributed by atoms with Gasteiger partial charge >= 0.3 is 0 Å². The highest BCUT2D eigenvalue weighted by atomic mass is 16.5. The molecule has 6 nitrogen and oxygen atoms in total. The van der Waals surface area contributed by atoms with E-state index in [9.17, 15) is 0 Å². The molecule has 2 aromatic heterocycles. The second-order valence-corrected chi connectivity index (χ2v) is 6.95. The van der Waals surface area contributed by atoms with E-state index in [4.69, 9.17) is 9.47 Å². The zero-order chi connectivity index (χ0) is 16.2. The summed E-state index contributed by atoms with van der Waals surface area (Å²) in [5.74, 6) is 0.515. The van der Waals surface area contributed by atoms with Gasteiger partial charge in [-0.1, -0.05) is 6.07 Å². The van der Waals surface area contributed by atoms with Crippen molar-refractivity contribution in [3.63, 3.8) is 0 Å². The molecule has 24 heavy (non-hydrogen) atoms. The van der Waals surface area contributed by atoms with E-state index >= 15 is 0 Å². The van der Waals surface area contributed by atoms with Crippen molar-refractivity contribution in [1.82, 2.24) is 19.4 Å². The van der Waals surface area contributed by atoms with Gasteiger partial charge in [0.1, 0.15) is 5.60 Å². The third kappa shape index (κ3) is 3.66. The van der Waals surface area contributed by atoms with Crippen molar-refractivity contribution in [2.24, 2.45) is 5.92 Å². The molecule has 2 fully saturated rings. The Morgan fingerprint density at radius 2 is 2.29 bits per heavy atom. The van der Waals surface area contributed by atoms with E-state index in [0.717, 1.165) is 45.8 Å². The topological polar surface area (TPSA) is 52.4 Å². The highest BCUT2D eigenvalue weighted by Crippen LogP contribution is 2.33. The molecule has 1 spiro atoms. The maximum atomic E-state index is 6.27. The molecule has 0 N–H and O–H groups in total. The Morgan fingerprint density at radius 1 is 1.29 bits per heavy atom. The molecule has 2 aliphatic rings. The lowest BCUT2D eigenvalue weighted by molar-refractivity contribution is -0.0563. The van der Waals surface area contributed by atoms with Crippen LogP contribution in [0, 0.1) is 5.92 Å². The average Bonchev–Trinajstić information content (AvgIpc) is 3.19. The van der Waals surface area contributed by atoms with Crippen molar-refractivity contribution in [2.75, 3.05) is 32.9 Å². The van der Waals surface area contributed by atoms with Gasteiger partial charge in [-0.15, -0.1) is 0 Å². The van der Waals surface area contributed by atoms with Gasteiger partial charge in [0.15, 0.2) is 0 Å². The molecular weight excluding hydrogens is 304 g/mol. The van der Waals surface area contributed by atoms with Gasteiger partial charge in [-0.2, -0.15) is 0 Å². The van der Waals surface area contributed by atoms with E-state index < -0.39 is 0 Å². The summed E-state index contributed by atoms with van der Waals surface area (Å²) in [6, 6.07) is 4.12. The van der Waals surface area contributed by atoms with Gasteiger partial charge in [-0.25, -0.2) is 4.98 Å². The van der Waals surface area contributed by atoms with E-state index in [-0.39, 0.29) is 5.60 Å². The van der Waals surface area contributed by atoms with Crippen LogP contribution in [0.15, 0.2) is 43.2 Å². The zero-order valence-corrected chi connectivity index (χ0v) is 13.9. The first-order chi connectivity index (χ1) is 11.8. The van der Waals surface area contributed by atoms with Gasteiger partial charge in [-0.05, 0) is 18.1 Å². The van der Waals surface area contributed by atoms with Crippen molar-refractivity contribution >= 4 is 0 Å². The van der Waals surface area contributed by atoms with E-state index in [1.54, 1.807) is 0 Å². The SMILES string of the molecule is c1cncc(CN2CCOC[C@]3(C[C@H](Cn4ccnc4)CO3)C2)c1. The maximum Gasteiger partial charge on any atom is 0.104 e. The van der Waals surface area contributed by atoms with Crippen LogP contribution in [0.5, 0.6) is 0 Å². The molecule has 2 saturated heterocycles. The molecule has 4 rings (SSSR count). The molecule has 2 aliphatic heterocycles. The summed E-state index contributed by atoms with van der Waals surface area (Å²) in [5, 5.41) is 0.